The largest absolute Gasteiger partial charge is 0.310 e. The maximum atomic E-state index is 12.1. The Morgan fingerprint density at radius 1 is 1.44 bits per heavy atom. The van der Waals surface area contributed by atoms with Gasteiger partial charge in [0.15, 0.2) is 5.03 Å². The van der Waals surface area contributed by atoms with Gasteiger partial charge in [0, 0.05) is 29.9 Å². The molecular formula is C11H20N4O2S. The Labute approximate surface area is 108 Å². The minimum absolute atomic E-state index is 0.113. The molecule has 1 heterocycles. The van der Waals surface area contributed by atoms with Crippen LogP contribution < -0.4 is 10.0 Å². The molecule has 0 radical (unpaired) electrons. The molecule has 1 aromatic heterocycles. The summed E-state index contributed by atoms with van der Waals surface area (Å²) in [7, 11) is -3.53. The summed E-state index contributed by atoms with van der Waals surface area (Å²) in [5.74, 6) is 0. The number of hydrogen-bond donors (Lipinski definition) is 3. The highest BCUT2D eigenvalue weighted by Gasteiger charge is 2.26. The molecule has 1 aliphatic carbocycles. The van der Waals surface area contributed by atoms with E-state index in [0.717, 1.165) is 11.3 Å². The predicted molar refractivity (Wildman–Crippen MR) is 68.6 cm³/mol. The van der Waals surface area contributed by atoms with E-state index in [1.807, 2.05) is 6.92 Å². The molecule has 3 N–H and O–H groups in total. The summed E-state index contributed by atoms with van der Waals surface area (Å²) in [5, 5.41) is 10.1. The lowest BCUT2D eigenvalue weighted by molar-refractivity contribution is 0.562. The number of H-pyrrole nitrogens is 1. The predicted octanol–water partition coefficient (Wildman–Crippen LogP) is 0.657. The first kappa shape index (κ1) is 13.5. The van der Waals surface area contributed by atoms with Gasteiger partial charge in [-0.05, 0) is 33.6 Å². The molecule has 0 aliphatic heterocycles. The molecule has 0 bridgehead atoms. The molecule has 0 saturated heterocycles. The fourth-order valence-corrected chi connectivity index (χ4v) is 3.21. The Morgan fingerprint density at radius 2 is 2.11 bits per heavy atom. The van der Waals surface area contributed by atoms with Crippen LogP contribution in [0.15, 0.2) is 5.03 Å². The number of nitrogens with one attached hydrogen (secondary N) is 3. The van der Waals surface area contributed by atoms with Crippen molar-refractivity contribution in [3.63, 3.8) is 0 Å². The standard InChI is InChI=1S/C11H20N4O2S/c1-7(2)15-18(16,17)11-10(8(3)13-14-11)6-12-9-4-5-9/h7,9,12,15H,4-6H2,1-3H3,(H,13,14). The molecule has 0 amide bonds. The first-order chi connectivity index (χ1) is 8.40. The number of aryl methyl sites for hydroxylation is 1. The van der Waals surface area contributed by atoms with Gasteiger partial charge in [-0.1, -0.05) is 0 Å². The van der Waals surface area contributed by atoms with Crippen LogP contribution in [0.25, 0.3) is 0 Å². The van der Waals surface area contributed by atoms with Gasteiger partial charge < -0.3 is 5.32 Å². The fraction of sp³-hybridized carbons (Fsp3) is 0.727. The molecule has 1 saturated carbocycles. The number of rotatable bonds is 6. The topological polar surface area (TPSA) is 86.9 Å². The number of nitrogens with zero attached hydrogens (tertiary/aromatic N) is 1. The molecule has 0 unspecified atom stereocenters. The van der Waals surface area contributed by atoms with Crippen LogP contribution in [-0.4, -0.2) is 30.7 Å². The van der Waals surface area contributed by atoms with Crippen molar-refractivity contribution >= 4 is 10.0 Å². The second-order valence-corrected chi connectivity index (χ2v) is 6.69. The van der Waals surface area contributed by atoms with Gasteiger partial charge in [0.25, 0.3) is 10.0 Å². The van der Waals surface area contributed by atoms with E-state index in [4.69, 9.17) is 0 Å². The Kier molecular flexibility index (Phi) is 3.74. The summed E-state index contributed by atoms with van der Waals surface area (Å²) in [5.41, 5.74) is 1.53. The first-order valence-electron chi connectivity index (χ1n) is 6.19. The summed E-state index contributed by atoms with van der Waals surface area (Å²) in [6.07, 6.45) is 2.34. The van der Waals surface area contributed by atoms with E-state index in [9.17, 15) is 8.42 Å². The Hall–Kier alpha value is -0.920. The van der Waals surface area contributed by atoms with Crippen molar-refractivity contribution in [1.29, 1.82) is 0 Å². The van der Waals surface area contributed by atoms with E-state index in [1.54, 1.807) is 13.8 Å². The zero-order chi connectivity index (χ0) is 13.3. The highest BCUT2D eigenvalue weighted by Crippen LogP contribution is 2.22. The zero-order valence-corrected chi connectivity index (χ0v) is 11.8. The third-order valence-electron chi connectivity index (χ3n) is 2.83. The van der Waals surface area contributed by atoms with Crippen molar-refractivity contribution in [2.45, 2.75) is 57.3 Å². The lowest BCUT2D eigenvalue weighted by Crippen LogP contribution is -2.31. The summed E-state index contributed by atoms with van der Waals surface area (Å²) in [6.45, 7) is 5.96. The highest BCUT2D eigenvalue weighted by molar-refractivity contribution is 7.89. The number of sulfonamides is 1. The molecule has 0 atom stereocenters. The van der Waals surface area contributed by atoms with Gasteiger partial charge in [-0.15, -0.1) is 0 Å². The molecule has 18 heavy (non-hydrogen) atoms. The van der Waals surface area contributed by atoms with E-state index >= 15 is 0 Å². The lowest BCUT2D eigenvalue weighted by atomic mass is 10.2. The van der Waals surface area contributed by atoms with Gasteiger partial charge in [-0.25, -0.2) is 13.1 Å². The van der Waals surface area contributed by atoms with E-state index in [0.29, 0.717) is 12.6 Å². The van der Waals surface area contributed by atoms with Crippen LogP contribution in [0.4, 0.5) is 0 Å². The average Bonchev–Trinajstić information content (AvgIpc) is 2.97. The fourth-order valence-electron chi connectivity index (χ4n) is 1.76. The summed E-state index contributed by atoms with van der Waals surface area (Å²) in [6, 6.07) is 0.393. The SMILES string of the molecule is Cc1[nH]nc(S(=O)(=O)NC(C)C)c1CNC1CC1. The van der Waals surface area contributed by atoms with Crippen molar-refractivity contribution in [3.8, 4) is 0 Å². The summed E-state index contributed by atoms with van der Waals surface area (Å²) >= 11 is 0. The quantitative estimate of drug-likeness (QED) is 0.710. The Bertz CT molecular complexity index is 517. The van der Waals surface area contributed by atoms with Crippen LogP contribution in [0.2, 0.25) is 0 Å². The second-order valence-electron chi connectivity index (χ2n) is 5.06. The summed E-state index contributed by atoms with van der Waals surface area (Å²) < 4.78 is 26.8. The van der Waals surface area contributed by atoms with E-state index < -0.39 is 10.0 Å². The molecule has 0 aromatic carbocycles. The summed E-state index contributed by atoms with van der Waals surface area (Å²) in [4.78, 5) is 0. The molecule has 0 spiro atoms. The van der Waals surface area contributed by atoms with Crippen LogP contribution in [0.1, 0.15) is 37.9 Å². The normalized spacial score (nSPS) is 16.4. The highest BCUT2D eigenvalue weighted by atomic mass is 32.2. The van der Waals surface area contributed by atoms with E-state index in [2.05, 4.69) is 20.2 Å². The second kappa shape index (κ2) is 4.99. The number of hydrogen-bond acceptors (Lipinski definition) is 4. The average molecular weight is 272 g/mol. The van der Waals surface area contributed by atoms with Crippen LogP contribution in [0.5, 0.6) is 0 Å². The van der Waals surface area contributed by atoms with Gasteiger partial charge in [-0.2, -0.15) is 5.10 Å². The Morgan fingerprint density at radius 3 is 2.67 bits per heavy atom. The third-order valence-corrected chi connectivity index (χ3v) is 4.45. The van der Waals surface area contributed by atoms with Gasteiger partial charge in [-0.3, -0.25) is 5.10 Å². The molecule has 102 valence electrons. The van der Waals surface area contributed by atoms with Crippen molar-refractivity contribution in [3.05, 3.63) is 11.3 Å². The van der Waals surface area contributed by atoms with E-state index in [-0.39, 0.29) is 11.1 Å². The number of aromatic amines is 1. The van der Waals surface area contributed by atoms with Crippen molar-refractivity contribution in [2.75, 3.05) is 0 Å². The van der Waals surface area contributed by atoms with Crippen molar-refractivity contribution in [1.82, 2.24) is 20.2 Å². The maximum absolute atomic E-state index is 12.1. The molecule has 7 heteroatoms. The maximum Gasteiger partial charge on any atom is 0.260 e. The van der Waals surface area contributed by atoms with Crippen molar-refractivity contribution < 1.29 is 8.42 Å². The van der Waals surface area contributed by atoms with Gasteiger partial charge in [0.2, 0.25) is 0 Å². The lowest BCUT2D eigenvalue weighted by Gasteiger charge is -2.09. The Balaban J connectivity index is 2.20. The van der Waals surface area contributed by atoms with E-state index in [1.165, 1.54) is 12.8 Å². The minimum atomic E-state index is -3.53. The molecule has 2 rings (SSSR count). The van der Waals surface area contributed by atoms with Gasteiger partial charge in [0.1, 0.15) is 0 Å². The van der Waals surface area contributed by atoms with Gasteiger partial charge >= 0.3 is 0 Å². The van der Waals surface area contributed by atoms with Crippen LogP contribution in [0, 0.1) is 6.92 Å². The molecule has 1 aliphatic rings. The molecule has 1 aromatic rings. The first-order valence-corrected chi connectivity index (χ1v) is 7.68. The van der Waals surface area contributed by atoms with Crippen LogP contribution >= 0.6 is 0 Å². The van der Waals surface area contributed by atoms with Crippen LogP contribution in [0.3, 0.4) is 0 Å². The van der Waals surface area contributed by atoms with Crippen molar-refractivity contribution in [2.24, 2.45) is 0 Å². The third kappa shape index (κ3) is 3.09. The number of aromatic nitrogens is 2. The molecular weight excluding hydrogens is 252 g/mol. The molecule has 1 fully saturated rings. The zero-order valence-electron chi connectivity index (χ0n) is 10.9. The van der Waals surface area contributed by atoms with Gasteiger partial charge in [0.05, 0.1) is 0 Å². The van der Waals surface area contributed by atoms with Crippen LogP contribution in [-0.2, 0) is 16.6 Å². The smallest absolute Gasteiger partial charge is 0.260 e. The monoisotopic (exact) mass is 272 g/mol. The minimum Gasteiger partial charge on any atom is -0.310 e. The molecule has 6 nitrogen and oxygen atoms in total.